The van der Waals surface area contributed by atoms with Gasteiger partial charge in [0.25, 0.3) is 0 Å². The van der Waals surface area contributed by atoms with Gasteiger partial charge in [-0.15, -0.1) is 0 Å². The predicted molar refractivity (Wildman–Crippen MR) is 83.8 cm³/mol. The summed E-state index contributed by atoms with van der Waals surface area (Å²) in [4.78, 5) is 0. The van der Waals surface area contributed by atoms with E-state index in [2.05, 4.69) is 17.4 Å². The number of hydrogen-bond donors (Lipinski definition) is 1. The largest absolute Gasteiger partial charge is 0.416 e. The van der Waals surface area contributed by atoms with Crippen LogP contribution in [0.25, 0.3) is 0 Å². The maximum absolute atomic E-state index is 13.1. The molecule has 1 aliphatic carbocycles. The second-order valence-electron chi connectivity index (χ2n) is 6.90. The average molecular weight is 331 g/mol. The lowest BCUT2D eigenvalue weighted by Gasteiger charge is -2.39. The first kappa shape index (κ1) is 14.3. The summed E-state index contributed by atoms with van der Waals surface area (Å²) in [6.07, 6.45) is -3.14. The van der Waals surface area contributed by atoms with Gasteiger partial charge in [-0.25, -0.2) is 0 Å². The van der Waals surface area contributed by atoms with Crippen LogP contribution >= 0.6 is 0 Å². The van der Waals surface area contributed by atoms with E-state index in [-0.39, 0.29) is 30.1 Å². The van der Waals surface area contributed by atoms with Crippen molar-refractivity contribution in [3.8, 4) is 0 Å². The van der Waals surface area contributed by atoms with Crippen molar-refractivity contribution in [2.24, 2.45) is 5.92 Å². The van der Waals surface area contributed by atoms with E-state index < -0.39 is 11.7 Å². The molecule has 2 nitrogen and oxygen atoms in total. The Morgan fingerprint density at radius 3 is 2.58 bits per heavy atom. The molecular formula is C19H16F3NO. The zero-order chi connectivity index (χ0) is 16.5. The van der Waals surface area contributed by atoms with Crippen LogP contribution in [0, 0.1) is 5.92 Å². The van der Waals surface area contributed by atoms with E-state index in [0.717, 1.165) is 23.7 Å². The molecule has 0 amide bonds. The summed E-state index contributed by atoms with van der Waals surface area (Å²) in [5.41, 5.74) is 2.16. The average Bonchev–Trinajstić information content (AvgIpc) is 3.24. The standard InChI is InChI=1S/C19H16F3NO/c20-19(21,22)11-6-7-14-12(8-11)16-13(9-15-18(16)24-15)17(23-14)10-4-2-1-3-5-10/h1-8,13,15-18,23H,9H2/t13-,15-,16-,17-,18-/m1/s1. The van der Waals surface area contributed by atoms with E-state index in [1.165, 1.54) is 11.6 Å². The van der Waals surface area contributed by atoms with E-state index in [1.54, 1.807) is 6.07 Å². The monoisotopic (exact) mass is 331 g/mol. The molecule has 2 heterocycles. The zero-order valence-electron chi connectivity index (χ0n) is 12.8. The molecule has 2 aromatic carbocycles. The minimum absolute atomic E-state index is 0.0405. The summed E-state index contributed by atoms with van der Waals surface area (Å²) in [5, 5.41) is 3.48. The van der Waals surface area contributed by atoms with Gasteiger partial charge >= 0.3 is 6.18 Å². The number of alkyl halides is 3. The Bertz CT molecular complexity index is 789. The van der Waals surface area contributed by atoms with E-state index in [0.29, 0.717) is 0 Å². The Balaban J connectivity index is 1.60. The van der Waals surface area contributed by atoms with Crippen molar-refractivity contribution in [3.05, 3.63) is 65.2 Å². The van der Waals surface area contributed by atoms with Gasteiger partial charge in [0.15, 0.2) is 0 Å². The highest BCUT2D eigenvalue weighted by molar-refractivity contribution is 5.60. The Morgan fingerprint density at radius 1 is 1.04 bits per heavy atom. The van der Waals surface area contributed by atoms with Crippen molar-refractivity contribution in [1.82, 2.24) is 0 Å². The highest BCUT2D eigenvalue weighted by Crippen LogP contribution is 2.60. The van der Waals surface area contributed by atoms with Crippen molar-refractivity contribution >= 4 is 5.69 Å². The van der Waals surface area contributed by atoms with Crippen LogP contribution in [0.2, 0.25) is 0 Å². The molecule has 124 valence electrons. The first-order valence-electron chi connectivity index (χ1n) is 8.20. The van der Waals surface area contributed by atoms with Crippen LogP contribution in [0.3, 0.4) is 0 Å². The molecule has 1 saturated heterocycles. The van der Waals surface area contributed by atoms with Gasteiger partial charge in [0.2, 0.25) is 0 Å². The molecule has 3 aliphatic rings. The third kappa shape index (κ3) is 2.07. The lowest BCUT2D eigenvalue weighted by Crippen LogP contribution is -2.32. The first-order chi connectivity index (χ1) is 11.5. The van der Waals surface area contributed by atoms with Gasteiger partial charge in [0, 0.05) is 11.6 Å². The molecule has 24 heavy (non-hydrogen) atoms. The number of anilines is 1. The molecule has 1 saturated carbocycles. The maximum Gasteiger partial charge on any atom is 0.416 e. The fraction of sp³-hybridized carbons (Fsp3) is 0.368. The van der Waals surface area contributed by atoms with Crippen molar-refractivity contribution < 1.29 is 17.9 Å². The molecule has 1 N–H and O–H groups in total. The fourth-order valence-corrected chi connectivity index (χ4v) is 4.48. The highest BCUT2D eigenvalue weighted by Gasteiger charge is 2.59. The van der Waals surface area contributed by atoms with Gasteiger partial charge in [-0.2, -0.15) is 13.2 Å². The van der Waals surface area contributed by atoms with Crippen molar-refractivity contribution in [2.45, 2.75) is 36.8 Å². The van der Waals surface area contributed by atoms with Crippen LogP contribution in [0.1, 0.15) is 35.1 Å². The molecule has 2 fully saturated rings. The van der Waals surface area contributed by atoms with Crippen LogP contribution in [-0.2, 0) is 10.9 Å². The molecule has 0 unspecified atom stereocenters. The fourth-order valence-electron chi connectivity index (χ4n) is 4.48. The normalized spacial score (nSPS) is 33.2. The zero-order valence-corrected chi connectivity index (χ0v) is 12.8. The number of fused-ring (bicyclic) bond motifs is 5. The SMILES string of the molecule is FC(F)(F)c1ccc2c(c1)[C@@H]1[C@@H](C[C@H]3O[C@@H]13)[C@@H](c1ccccc1)N2. The Kier molecular flexibility index (Phi) is 2.84. The molecule has 0 spiro atoms. The summed E-state index contributed by atoms with van der Waals surface area (Å²) in [7, 11) is 0. The minimum Gasteiger partial charge on any atom is -0.378 e. The van der Waals surface area contributed by atoms with E-state index in [9.17, 15) is 13.2 Å². The van der Waals surface area contributed by atoms with Crippen molar-refractivity contribution in [1.29, 1.82) is 0 Å². The number of halogens is 3. The second-order valence-corrected chi connectivity index (χ2v) is 6.90. The summed E-state index contributed by atoms with van der Waals surface area (Å²) < 4.78 is 45.0. The number of rotatable bonds is 1. The number of hydrogen-bond acceptors (Lipinski definition) is 2. The number of benzene rings is 2. The maximum atomic E-state index is 13.1. The van der Waals surface area contributed by atoms with Crippen LogP contribution in [0.4, 0.5) is 18.9 Å². The molecule has 2 aromatic rings. The Hall–Kier alpha value is -2.01. The summed E-state index contributed by atoms with van der Waals surface area (Å²) >= 11 is 0. The van der Waals surface area contributed by atoms with E-state index in [4.69, 9.17) is 4.74 Å². The number of epoxide rings is 1. The van der Waals surface area contributed by atoms with Gasteiger partial charge < -0.3 is 10.1 Å². The topological polar surface area (TPSA) is 24.6 Å². The van der Waals surface area contributed by atoms with Crippen LogP contribution in [0.5, 0.6) is 0 Å². The van der Waals surface area contributed by atoms with Crippen LogP contribution in [0.15, 0.2) is 48.5 Å². The molecule has 0 bridgehead atoms. The summed E-state index contributed by atoms with van der Waals surface area (Å²) in [5.74, 6) is 0.311. The van der Waals surface area contributed by atoms with Gasteiger partial charge in [-0.3, -0.25) is 0 Å². The summed E-state index contributed by atoms with van der Waals surface area (Å²) in [6, 6.07) is 14.3. The van der Waals surface area contributed by atoms with Gasteiger partial charge in [-0.1, -0.05) is 30.3 Å². The van der Waals surface area contributed by atoms with Gasteiger partial charge in [0.05, 0.1) is 23.8 Å². The van der Waals surface area contributed by atoms with Crippen molar-refractivity contribution in [2.75, 3.05) is 5.32 Å². The smallest absolute Gasteiger partial charge is 0.378 e. The highest BCUT2D eigenvalue weighted by atomic mass is 19.4. The molecule has 0 radical (unpaired) electrons. The lowest BCUT2D eigenvalue weighted by atomic mass is 9.76. The van der Waals surface area contributed by atoms with Crippen LogP contribution < -0.4 is 5.32 Å². The second kappa shape index (κ2) is 4.76. The number of nitrogens with one attached hydrogen (secondary N) is 1. The Morgan fingerprint density at radius 2 is 1.83 bits per heavy atom. The van der Waals surface area contributed by atoms with Gasteiger partial charge in [0.1, 0.15) is 0 Å². The quantitative estimate of drug-likeness (QED) is 0.763. The van der Waals surface area contributed by atoms with E-state index in [1.807, 2.05) is 18.2 Å². The molecule has 5 rings (SSSR count). The molecule has 2 aliphatic heterocycles. The molecular weight excluding hydrogens is 315 g/mol. The third-order valence-corrected chi connectivity index (χ3v) is 5.58. The number of ether oxygens (including phenoxy) is 1. The van der Waals surface area contributed by atoms with E-state index >= 15 is 0 Å². The molecule has 5 heteroatoms. The van der Waals surface area contributed by atoms with Crippen LogP contribution in [-0.4, -0.2) is 12.2 Å². The first-order valence-corrected chi connectivity index (χ1v) is 8.20. The minimum atomic E-state index is -4.32. The summed E-state index contributed by atoms with van der Waals surface area (Å²) in [6.45, 7) is 0. The molecule has 0 aromatic heterocycles. The third-order valence-electron chi connectivity index (χ3n) is 5.58. The van der Waals surface area contributed by atoms with Gasteiger partial charge in [-0.05, 0) is 41.7 Å². The Labute approximate surface area is 137 Å². The molecule has 5 atom stereocenters. The predicted octanol–water partition coefficient (Wildman–Crippen LogP) is 4.74. The van der Waals surface area contributed by atoms with Crippen molar-refractivity contribution in [3.63, 3.8) is 0 Å². The lowest BCUT2D eigenvalue weighted by molar-refractivity contribution is -0.137.